The highest BCUT2D eigenvalue weighted by Gasteiger charge is 2.29. The Kier molecular flexibility index (Phi) is 2.77. The third-order valence-corrected chi connectivity index (χ3v) is 2.83. The molecule has 0 saturated carbocycles. The minimum absolute atomic E-state index is 0.233. The van der Waals surface area contributed by atoms with Gasteiger partial charge in [-0.2, -0.15) is 0 Å². The van der Waals surface area contributed by atoms with Gasteiger partial charge in [0.25, 0.3) is 0 Å². The van der Waals surface area contributed by atoms with Crippen LogP contribution in [0.2, 0.25) is 5.02 Å². The highest BCUT2D eigenvalue weighted by Crippen LogP contribution is 2.28. The van der Waals surface area contributed by atoms with Crippen LogP contribution < -0.4 is 5.32 Å². The van der Waals surface area contributed by atoms with Crippen molar-refractivity contribution in [2.24, 2.45) is 0 Å². The second-order valence-electron chi connectivity index (χ2n) is 3.77. The highest BCUT2D eigenvalue weighted by molar-refractivity contribution is 6.30. The van der Waals surface area contributed by atoms with Crippen molar-refractivity contribution in [3.63, 3.8) is 0 Å². The van der Waals surface area contributed by atoms with Gasteiger partial charge < -0.3 is 10.1 Å². The Morgan fingerprint density at radius 2 is 2.36 bits per heavy atom. The minimum atomic E-state index is -0.233. The fourth-order valence-corrected chi connectivity index (χ4v) is 1.92. The van der Waals surface area contributed by atoms with Gasteiger partial charge in [0.15, 0.2) is 0 Å². The molecule has 0 bridgehead atoms. The van der Waals surface area contributed by atoms with Gasteiger partial charge in [-0.25, -0.2) is 0 Å². The molecule has 1 N–H and O–H groups in total. The van der Waals surface area contributed by atoms with Crippen LogP contribution in [0.5, 0.6) is 0 Å². The van der Waals surface area contributed by atoms with E-state index in [9.17, 15) is 0 Å². The van der Waals surface area contributed by atoms with Crippen LogP contribution in [0.4, 0.5) is 0 Å². The third-order valence-electron chi connectivity index (χ3n) is 2.60. The summed E-state index contributed by atoms with van der Waals surface area (Å²) in [5.74, 6) is 0. The molecule has 0 unspecified atom stereocenters. The van der Waals surface area contributed by atoms with E-state index in [4.69, 9.17) is 16.3 Å². The number of benzene rings is 1. The number of hydrogen-bond donors (Lipinski definition) is 1. The monoisotopic (exact) mass is 211 g/mol. The maximum absolute atomic E-state index is 5.95. The smallest absolute Gasteiger partial charge is 0.103 e. The van der Waals surface area contributed by atoms with E-state index in [0.29, 0.717) is 0 Å². The van der Waals surface area contributed by atoms with Crippen LogP contribution in [0, 0.1) is 0 Å². The van der Waals surface area contributed by atoms with Gasteiger partial charge in [-0.3, -0.25) is 0 Å². The zero-order valence-electron chi connectivity index (χ0n) is 8.22. The zero-order valence-corrected chi connectivity index (χ0v) is 8.97. The first-order chi connectivity index (χ1) is 6.71. The molecule has 76 valence electrons. The lowest BCUT2D eigenvalue weighted by Gasteiger charge is -2.34. The summed E-state index contributed by atoms with van der Waals surface area (Å²) in [6.45, 7) is 4.61. The van der Waals surface area contributed by atoms with Crippen molar-refractivity contribution in [2.75, 3.05) is 19.7 Å². The van der Waals surface area contributed by atoms with Gasteiger partial charge in [0.1, 0.15) is 5.60 Å². The van der Waals surface area contributed by atoms with E-state index in [1.54, 1.807) is 0 Å². The molecular formula is C11H14ClNO. The van der Waals surface area contributed by atoms with Crippen LogP contribution in [0.25, 0.3) is 0 Å². The number of morpholine rings is 1. The first kappa shape index (κ1) is 9.97. The summed E-state index contributed by atoms with van der Waals surface area (Å²) in [7, 11) is 0. The van der Waals surface area contributed by atoms with Crippen LogP contribution in [0.15, 0.2) is 24.3 Å². The Morgan fingerprint density at radius 1 is 1.50 bits per heavy atom. The third kappa shape index (κ3) is 1.92. The maximum atomic E-state index is 5.95. The Bertz CT molecular complexity index is 321. The molecule has 2 nitrogen and oxygen atoms in total. The molecule has 1 aromatic carbocycles. The maximum Gasteiger partial charge on any atom is 0.103 e. The molecular weight excluding hydrogens is 198 g/mol. The molecule has 0 spiro atoms. The van der Waals surface area contributed by atoms with Crippen molar-refractivity contribution in [2.45, 2.75) is 12.5 Å². The van der Waals surface area contributed by atoms with Crippen molar-refractivity contribution in [1.29, 1.82) is 0 Å². The predicted octanol–water partition coefficient (Wildman–Crippen LogP) is 2.17. The summed E-state index contributed by atoms with van der Waals surface area (Å²) in [5, 5.41) is 4.09. The fraction of sp³-hybridized carbons (Fsp3) is 0.455. The van der Waals surface area contributed by atoms with Crippen LogP contribution in [0.1, 0.15) is 12.5 Å². The van der Waals surface area contributed by atoms with Gasteiger partial charge in [0.05, 0.1) is 6.61 Å². The van der Waals surface area contributed by atoms with Crippen LogP contribution in [0.3, 0.4) is 0 Å². The molecule has 3 heteroatoms. The highest BCUT2D eigenvalue weighted by atomic mass is 35.5. The Balaban J connectivity index is 2.28. The fourth-order valence-electron chi connectivity index (χ4n) is 1.73. The van der Waals surface area contributed by atoms with E-state index in [1.165, 1.54) is 0 Å². The average molecular weight is 212 g/mol. The summed E-state index contributed by atoms with van der Waals surface area (Å²) < 4.78 is 5.79. The molecule has 1 saturated heterocycles. The van der Waals surface area contributed by atoms with E-state index >= 15 is 0 Å². The van der Waals surface area contributed by atoms with Crippen molar-refractivity contribution < 1.29 is 4.74 Å². The molecule has 0 amide bonds. The largest absolute Gasteiger partial charge is 0.368 e. The van der Waals surface area contributed by atoms with Gasteiger partial charge in [0.2, 0.25) is 0 Å². The summed E-state index contributed by atoms with van der Waals surface area (Å²) in [4.78, 5) is 0. The summed E-state index contributed by atoms with van der Waals surface area (Å²) in [5.41, 5.74) is 0.903. The molecule has 1 heterocycles. The second-order valence-corrected chi connectivity index (χ2v) is 4.20. The van der Waals surface area contributed by atoms with E-state index in [1.807, 2.05) is 18.2 Å². The Morgan fingerprint density at radius 3 is 3.00 bits per heavy atom. The Labute approximate surface area is 89.2 Å². The predicted molar refractivity (Wildman–Crippen MR) is 57.6 cm³/mol. The lowest BCUT2D eigenvalue weighted by molar-refractivity contribution is -0.0572. The quantitative estimate of drug-likeness (QED) is 0.769. The van der Waals surface area contributed by atoms with Gasteiger partial charge in [-0.05, 0) is 24.6 Å². The normalized spacial score (nSPS) is 27.6. The van der Waals surface area contributed by atoms with E-state index in [2.05, 4.69) is 18.3 Å². The SMILES string of the molecule is C[C@]1(c2cccc(Cl)c2)CNCCO1. The number of halogens is 1. The molecule has 1 fully saturated rings. The molecule has 2 rings (SSSR count). The standard InChI is InChI=1S/C11H14ClNO/c1-11(8-13-5-6-14-11)9-3-2-4-10(12)7-9/h2-4,7,13H,5-6,8H2,1H3/t11-/m1/s1. The van der Waals surface area contributed by atoms with E-state index < -0.39 is 0 Å². The lowest BCUT2D eigenvalue weighted by atomic mass is 9.95. The topological polar surface area (TPSA) is 21.3 Å². The molecule has 0 aliphatic carbocycles. The van der Waals surface area contributed by atoms with Gasteiger partial charge in [0, 0.05) is 18.1 Å². The van der Waals surface area contributed by atoms with Crippen molar-refractivity contribution in [3.8, 4) is 0 Å². The van der Waals surface area contributed by atoms with Gasteiger partial charge in [-0.1, -0.05) is 23.7 Å². The molecule has 1 aliphatic heterocycles. The number of hydrogen-bond acceptors (Lipinski definition) is 2. The lowest BCUT2D eigenvalue weighted by Crippen LogP contribution is -2.45. The van der Waals surface area contributed by atoms with Crippen LogP contribution >= 0.6 is 11.6 Å². The zero-order chi connectivity index (χ0) is 10.0. The Hall–Kier alpha value is -0.570. The number of rotatable bonds is 1. The van der Waals surface area contributed by atoms with E-state index in [0.717, 1.165) is 30.3 Å². The molecule has 0 aromatic heterocycles. The molecule has 1 aliphatic rings. The van der Waals surface area contributed by atoms with Crippen molar-refractivity contribution >= 4 is 11.6 Å². The average Bonchev–Trinajstić information content (AvgIpc) is 2.19. The number of nitrogens with one attached hydrogen (secondary N) is 1. The molecule has 0 radical (unpaired) electrons. The van der Waals surface area contributed by atoms with Gasteiger partial charge >= 0.3 is 0 Å². The molecule has 1 aromatic rings. The second kappa shape index (κ2) is 3.89. The van der Waals surface area contributed by atoms with Crippen molar-refractivity contribution in [1.82, 2.24) is 5.32 Å². The molecule has 1 atom stereocenters. The first-order valence-electron chi connectivity index (χ1n) is 4.81. The minimum Gasteiger partial charge on any atom is -0.368 e. The summed E-state index contributed by atoms with van der Waals surface area (Å²) in [6, 6.07) is 7.86. The number of ether oxygens (including phenoxy) is 1. The molecule has 14 heavy (non-hydrogen) atoms. The summed E-state index contributed by atoms with van der Waals surface area (Å²) >= 11 is 5.95. The van der Waals surface area contributed by atoms with Crippen LogP contribution in [-0.4, -0.2) is 19.7 Å². The first-order valence-corrected chi connectivity index (χ1v) is 5.19. The van der Waals surface area contributed by atoms with Gasteiger partial charge in [-0.15, -0.1) is 0 Å². The summed E-state index contributed by atoms with van der Waals surface area (Å²) in [6.07, 6.45) is 0. The van der Waals surface area contributed by atoms with Crippen LogP contribution in [-0.2, 0) is 10.3 Å². The van der Waals surface area contributed by atoms with E-state index in [-0.39, 0.29) is 5.60 Å². The van der Waals surface area contributed by atoms with Crippen molar-refractivity contribution in [3.05, 3.63) is 34.9 Å².